The van der Waals surface area contributed by atoms with E-state index in [0.717, 1.165) is 17.1 Å². The van der Waals surface area contributed by atoms with Crippen LogP contribution in [0, 0.1) is 6.92 Å². The molecule has 2 aromatic rings. The van der Waals surface area contributed by atoms with Crippen molar-refractivity contribution in [2.75, 3.05) is 12.4 Å². The number of pyridine rings is 1. The standard InChI is InChI=1S/C13H14N2/c1-10-8-12(15-13(9-10)14-2)11-6-4-3-5-7-11/h3-9H,1-2H3,(H,14,15). The van der Waals surface area contributed by atoms with Gasteiger partial charge in [-0.15, -0.1) is 0 Å². The first-order chi connectivity index (χ1) is 7.29. The molecule has 2 heteroatoms. The van der Waals surface area contributed by atoms with Gasteiger partial charge in [0.15, 0.2) is 0 Å². The van der Waals surface area contributed by atoms with Crippen molar-refractivity contribution in [2.24, 2.45) is 0 Å². The molecule has 0 fully saturated rings. The highest BCUT2D eigenvalue weighted by atomic mass is 15.0. The molecule has 1 aromatic carbocycles. The molecule has 0 aliphatic carbocycles. The molecule has 0 unspecified atom stereocenters. The van der Waals surface area contributed by atoms with E-state index in [1.807, 2.05) is 31.3 Å². The average Bonchev–Trinajstić information content (AvgIpc) is 2.29. The molecule has 0 saturated heterocycles. The number of hydrogen-bond acceptors (Lipinski definition) is 2. The molecule has 1 heterocycles. The predicted molar refractivity (Wildman–Crippen MR) is 64.0 cm³/mol. The molecule has 15 heavy (non-hydrogen) atoms. The van der Waals surface area contributed by atoms with Crippen molar-refractivity contribution in [3.63, 3.8) is 0 Å². The van der Waals surface area contributed by atoms with E-state index in [-0.39, 0.29) is 0 Å². The highest BCUT2D eigenvalue weighted by Gasteiger charge is 2.01. The van der Waals surface area contributed by atoms with Crippen LogP contribution in [-0.4, -0.2) is 12.0 Å². The van der Waals surface area contributed by atoms with Gasteiger partial charge >= 0.3 is 0 Å². The van der Waals surface area contributed by atoms with Crippen molar-refractivity contribution in [1.29, 1.82) is 0 Å². The lowest BCUT2D eigenvalue weighted by atomic mass is 10.1. The lowest BCUT2D eigenvalue weighted by Gasteiger charge is -2.06. The van der Waals surface area contributed by atoms with Crippen LogP contribution in [0.25, 0.3) is 11.3 Å². The molecule has 2 rings (SSSR count). The highest BCUT2D eigenvalue weighted by molar-refractivity contribution is 5.62. The van der Waals surface area contributed by atoms with Crippen molar-refractivity contribution >= 4 is 5.82 Å². The zero-order valence-electron chi connectivity index (χ0n) is 8.99. The predicted octanol–water partition coefficient (Wildman–Crippen LogP) is 3.10. The Kier molecular flexibility index (Phi) is 2.68. The Labute approximate surface area is 90.0 Å². The summed E-state index contributed by atoms with van der Waals surface area (Å²) in [5.41, 5.74) is 3.38. The van der Waals surface area contributed by atoms with Crippen LogP contribution in [0.5, 0.6) is 0 Å². The van der Waals surface area contributed by atoms with Gasteiger partial charge in [0, 0.05) is 12.6 Å². The van der Waals surface area contributed by atoms with E-state index >= 15 is 0 Å². The summed E-state index contributed by atoms with van der Waals surface area (Å²) in [5, 5.41) is 3.07. The first-order valence-corrected chi connectivity index (χ1v) is 5.01. The average molecular weight is 198 g/mol. The van der Waals surface area contributed by atoms with Gasteiger partial charge in [0.05, 0.1) is 5.69 Å². The normalized spacial score (nSPS) is 10.0. The van der Waals surface area contributed by atoms with Gasteiger partial charge in [0.25, 0.3) is 0 Å². The number of rotatable bonds is 2. The number of benzene rings is 1. The van der Waals surface area contributed by atoms with Gasteiger partial charge in [-0.1, -0.05) is 30.3 Å². The summed E-state index contributed by atoms with van der Waals surface area (Å²) < 4.78 is 0. The van der Waals surface area contributed by atoms with Gasteiger partial charge in [-0.3, -0.25) is 0 Å². The zero-order chi connectivity index (χ0) is 10.7. The third-order valence-electron chi connectivity index (χ3n) is 2.30. The summed E-state index contributed by atoms with van der Waals surface area (Å²) >= 11 is 0. The minimum atomic E-state index is 0.911. The molecular weight excluding hydrogens is 184 g/mol. The smallest absolute Gasteiger partial charge is 0.126 e. The van der Waals surface area contributed by atoms with E-state index < -0.39 is 0 Å². The Hall–Kier alpha value is -1.83. The Morgan fingerprint density at radius 2 is 1.80 bits per heavy atom. The molecule has 2 nitrogen and oxygen atoms in total. The van der Waals surface area contributed by atoms with Gasteiger partial charge < -0.3 is 5.32 Å². The van der Waals surface area contributed by atoms with Gasteiger partial charge in [0.1, 0.15) is 5.82 Å². The van der Waals surface area contributed by atoms with Crippen LogP contribution in [0.1, 0.15) is 5.56 Å². The molecule has 1 aromatic heterocycles. The highest BCUT2D eigenvalue weighted by Crippen LogP contribution is 2.20. The summed E-state index contributed by atoms with van der Waals surface area (Å²) in [7, 11) is 1.89. The maximum Gasteiger partial charge on any atom is 0.126 e. The molecular formula is C13H14N2. The zero-order valence-corrected chi connectivity index (χ0v) is 8.99. The van der Waals surface area contributed by atoms with Crippen molar-refractivity contribution in [3.8, 4) is 11.3 Å². The fraction of sp³-hybridized carbons (Fsp3) is 0.154. The third kappa shape index (κ3) is 2.15. The van der Waals surface area contributed by atoms with Crippen molar-refractivity contribution < 1.29 is 0 Å². The van der Waals surface area contributed by atoms with Crippen LogP contribution in [0.15, 0.2) is 42.5 Å². The van der Waals surface area contributed by atoms with Crippen LogP contribution >= 0.6 is 0 Å². The fourth-order valence-electron chi connectivity index (χ4n) is 1.55. The number of nitrogens with one attached hydrogen (secondary N) is 1. The summed E-state index contributed by atoms with van der Waals surface area (Å²) in [6, 6.07) is 14.3. The van der Waals surface area contributed by atoms with Crippen LogP contribution in [-0.2, 0) is 0 Å². The maximum atomic E-state index is 4.51. The minimum absolute atomic E-state index is 0.911. The number of nitrogens with zero attached hydrogens (tertiary/aromatic N) is 1. The van der Waals surface area contributed by atoms with Crippen molar-refractivity contribution in [1.82, 2.24) is 4.98 Å². The third-order valence-corrected chi connectivity index (χ3v) is 2.30. The molecule has 0 radical (unpaired) electrons. The largest absolute Gasteiger partial charge is 0.373 e. The minimum Gasteiger partial charge on any atom is -0.373 e. The van der Waals surface area contributed by atoms with E-state index in [1.54, 1.807) is 0 Å². The van der Waals surface area contributed by atoms with Crippen LogP contribution in [0.3, 0.4) is 0 Å². The fourth-order valence-corrected chi connectivity index (χ4v) is 1.55. The SMILES string of the molecule is CNc1cc(C)cc(-c2ccccc2)n1. The first-order valence-electron chi connectivity index (χ1n) is 5.01. The molecule has 76 valence electrons. The summed E-state index contributed by atoms with van der Waals surface area (Å²) in [6.45, 7) is 2.08. The molecule has 0 bridgehead atoms. The second kappa shape index (κ2) is 4.13. The summed E-state index contributed by atoms with van der Waals surface area (Å²) in [5.74, 6) is 0.911. The Morgan fingerprint density at radius 3 is 2.47 bits per heavy atom. The van der Waals surface area contributed by atoms with Gasteiger partial charge in [-0.25, -0.2) is 4.98 Å². The second-order valence-electron chi connectivity index (χ2n) is 3.53. The Morgan fingerprint density at radius 1 is 1.07 bits per heavy atom. The molecule has 0 atom stereocenters. The molecule has 0 saturated carbocycles. The van der Waals surface area contributed by atoms with E-state index in [2.05, 4.69) is 35.4 Å². The Bertz CT molecular complexity index is 449. The second-order valence-corrected chi connectivity index (χ2v) is 3.53. The van der Waals surface area contributed by atoms with Crippen LogP contribution in [0.2, 0.25) is 0 Å². The lowest BCUT2D eigenvalue weighted by Crippen LogP contribution is -1.94. The van der Waals surface area contributed by atoms with Gasteiger partial charge in [0.2, 0.25) is 0 Å². The van der Waals surface area contributed by atoms with Crippen LogP contribution in [0.4, 0.5) is 5.82 Å². The summed E-state index contributed by atoms with van der Waals surface area (Å²) in [4.78, 5) is 4.51. The quantitative estimate of drug-likeness (QED) is 0.802. The van der Waals surface area contributed by atoms with E-state index in [0.29, 0.717) is 0 Å². The molecule has 0 amide bonds. The maximum absolute atomic E-state index is 4.51. The molecule has 0 spiro atoms. The van der Waals surface area contributed by atoms with E-state index in [9.17, 15) is 0 Å². The number of anilines is 1. The first kappa shape index (κ1) is 9.71. The monoisotopic (exact) mass is 198 g/mol. The number of aryl methyl sites for hydroxylation is 1. The van der Waals surface area contributed by atoms with Gasteiger partial charge in [-0.2, -0.15) is 0 Å². The molecule has 0 aliphatic heterocycles. The van der Waals surface area contributed by atoms with Gasteiger partial charge in [-0.05, 0) is 24.6 Å². The lowest BCUT2D eigenvalue weighted by molar-refractivity contribution is 1.26. The summed E-state index contributed by atoms with van der Waals surface area (Å²) in [6.07, 6.45) is 0. The molecule has 1 N–H and O–H groups in total. The number of aromatic nitrogens is 1. The van der Waals surface area contributed by atoms with E-state index in [1.165, 1.54) is 5.56 Å². The van der Waals surface area contributed by atoms with Crippen molar-refractivity contribution in [3.05, 3.63) is 48.0 Å². The topological polar surface area (TPSA) is 24.9 Å². The molecule has 0 aliphatic rings. The van der Waals surface area contributed by atoms with E-state index in [4.69, 9.17) is 0 Å². The Balaban J connectivity index is 2.49. The number of hydrogen-bond donors (Lipinski definition) is 1. The van der Waals surface area contributed by atoms with Crippen molar-refractivity contribution in [2.45, 2.75) is 6.92 Å². The van der Waals surface area contributed by atoms with Crippen LogP contribution < -0.4 is 5.32 Å².